The van der Waals surface area contributed by atoms with Crippen LogP contribution in [0.1, 0.15) is 15.9 Å². The fourth-order valence-corrected chi connectivity index (χ4v) is 2.35. The molecule has 1 amide bonds. The molecule has 6 heteroatoms. The SMILES string of the molecule is Cc1ccccc1C(=O)N1CCN(CC(N)=NO)CC1. The monoisotopic (exact) mass is 276 g/mol. The number of carbonyl (C=O) groups excluding carboxylic acids is 1. The molecule has 1 fully saturated rings. The first kappa shape index (κ1) is 14.3. The van der Waals surface area contributed by atoms with Gasteiger partial charge >= 0.3 is 0 Å². The number of nitrogens with zero attached hydrogens (tertiary/aromatic N) is 3. The van der Waals surface area contributed by atoms with Crippen LogP contribution in [0.2, 0.25) is 0 Å². The molecule has 20 heavy (non-hydrogen) atoms. The van der Waals surface area contributed by atoms with E-state index < -0.39 is 0 Å². The van der Waals surface area contributed by atoms with E-state index in [1.807, 2.05) is 36.1 Å². The van der Waals surface area contributed by atoms with E-state index in [0.717, 1.165) is 24.2 Å². The van der Waals surface area contributed by atoms with Gasteiger partial charge in [-0.25, -0.2) is 0 Å². The molecule has 3 N–H and O–H groups in total. The highest BCUT2D eigenvalue weighted by molar-refractivity contribution is 5.95. The zero-order chi connectivity index (χ0) is 14.5. The molecule has 0 aromatic heterocycles. The maximum Gasteiger partial charge on any atom is 0.254 e. The number of rotatable bonds is 3. The molecule has 1 heterocycles. The normalized spacial score (nSPS) is 17.2. The van der Waals surface area contributed by atoms with Crippen molar-refractivity contribution in [3.05, 3.63) is 35.4 Å². The lowest BCUT2D eigenvalue weighted by molar-refractivity contribution is 0.0652. The van der Waals surface area contributed by atoms with Crippen molar-refractivity contribution in [3.63, 3.8) is 0 Å². The number of amidine groups is 1. The van der Waals surface area contributed by atoms with Crippen molar-refractivity contribution in [3.8, 4) is 0 Å². The first-order chi connectivity index (χ1) is 9.61. The minimum absolute atomic E-state index is 0.0755. The molecule has 0 saturated carbocycles. The first-order valence-electron chi connectivity index (χ1n) is 6.65. The van der Waals surface area contributed by atoms with Crippen LogP contribution in [0.4, 0.5) is 0 Å². The van der Waals surface area contributed by atoms with Crippen LogP contribution in [0.25, 0.3) is 0 Å². The summed E-state index contributed by atoms with van der Waals surface area (Å²) in [6.45, 7) is 5.16. The van der Waals surface area contributed by atoms with Crippen molar-refractivity contribution < 1.29 is 10.0 Å². The summed E-state index contributed by atoms with van der Waals surface area (Å²) in [6.07, 6.45) is 0. The largest absolute Gasteiger partial charge is 0.409 e. The molecule has 1 aliphatic heterocycles. The molecular formula is C14H20N4O2. The number of benzene rings is 1. The molecule has 0 spiro atoms. The van der Waals surface area contributed by atoms with Crippen molar-refractivity contribution >= 4 is 11.7 Å². The van der Waals surface area contributed by atoms with Crippen molar-refractivity contribution in [2.75, 3.05) is 32.7 Å². The molecule has 0 atom stereocenters. The van der Waals surface area contributed by atoms with Crippen LogP contribution in [0.15, 0.2) is 29.4 Å². The summed E-state index contributed by atoms with van der Waals surface area (Å²) in [4.78, 5) is 16.3. The third-order valence-electron chi connectivity index (χ3n) is 3.55. The standard InChI is InChI=1S/C14H20N4O2/c1-11-4-2-3-5-12(11)14(19)18-8-6-17(7-9-18)10-13(15)16-20/h2-5,20H,6-10H2,1H3,(H2,15,16). The van der Waals surface area contributed by atoms with E-state index in [9.17, 15) is 4.79 Å². The highest BCUT2D eigenvalue weighted by Gasteiger charge is 2.23. The second-order valence-corrected chi connectivity index (χ2v) is 4.97. The molecule has 0 aliphatic carbocycles. The Morgan fingerprint density at radius 3 is 2.55 bits per heavy atom. The summed E-state index contributed by atoms with van der Waals surface area (Å²) in [5, 5.41) is 11.5. The van der Waals surface area contributed by atoms with Crippen LogP contribution in [0, 0.1) is 6.92 Å². The van der Waals surface area contributed by atoms with Gasteiger partial charge in [0.2, 0.25) is 0 Å². The van der Waals surface area contributed by atoms with Gasteiger partial charge < -0.3 is 15.8 Å². The average molecular weight is 276 g/mol. The maximum atomic E-state index is 12.4. The number of amides is 1. The van der Waals surface area contributed by atoms with E-state index >= 15 is 0 Å². The quantitative estimate of drug-likeness (QED) is 0.364. The molecule has 0 unspecified atom stereocenters. The number of carbonyl (C=O) groups is 1. The van der Waals surface area contributed by atoms with Gasteiger partial charge in [-0.05, 0) is 18.6 Å². The van der Waals surface area contributed by atoms with E-state index in [-0.39, 0.29) is 11.7 Å². The van der Waals surface area contributed by atoms with Gasteiger partial charge in [0.05, 0.1) is 6.54 Å². The molecule has 1 aromatic rings. The van der Waals surface area contributed by atoms with Crippen molar-refractivity contribution in [2.45, 2.75) is 6.92 Å². The van der Waals surface area contributed by atoms with Gasteiger partial charge in [0.15, 0.2) is 5.84 Å². The Hall–Kier alpha value is -2.08. The summed E-state index contributed by atoms with van der Waals surface area (Å²) >= 11 is 0. The van der Waals surface area contributed by atoms with Crippen LogP contribution < -0.4 is 5.73 Å². The molecule has 0 radical (unpaired) electrons. The number of hydrogen-bond donors (Lipinski definition) is 2. The molecule has 108 valence electrons. The van der Waals surface area contributed by atoms with Gasteiger partial charge in [-0.2, -0.15) is 0 Å². The lowest BCUT2D eigenvalue weighted by atomic mass is 10.1. The molecule has 1 saturated heterocycles. The van der Waals surface area contributed by atoms with E-state index in [4.69, 9.17) is 10.9 Å². The number of piperazine rings is 1. The Morgan fingerprint density at radius 2 is 1.95 bits per heavy atom. The summed E-state index contributed by atoms with van der Waals surface area (Å²) < 4.78 is 0. The van der Waals surface area contributed by atoms with Crippen LogP contribution in [-0.4, -0.2) is 59.5 Å². The average Bonchev–Trinajstić information content (AvgIpc) is 2.47. The van der Waals surface area contributed by atoms with Crippen LogP contribution >= 0.6 is 0 Å². The van der Waals surface area contributed by atoms with Gasteiger partial charge in [-0.1, -0.05) is 23.4 Å². The first-order valence-corrected chi connectivity index (χ1v) is 6.65. The van der Waals surface area contributed by atoms with Crippen LogP contribution in [-0.2, 0) is 0 Å². The Labute approximate surface area is 118 Å². The summed E-state index contributed by atoms with van der Waals surface area (Å²) in [7, 11) is 0. The number of hydrogen-bond acceptors (Lipinski definition) is 4. The van der Waals surface area contributed by atoms with Crippen LogP contribution in [0.3, 0.4) is 0 Å². The van der Waals surface area contributed by atoms with Gasteiger partial charge in [0, 0.05) is 31.7 Å². The zero-order valence-electron chi connectivity index (χ0n) is 11.6. The third kappa shape index (κ3) is 3.27. The highest BCUT2D eigenvalue weighted by Crippen LogP contribution is 2.12. The predicted molar refractivity (Wildman–Crippen MR) is 76.9 cm³/mol. The van der Waals surface area contributed by atoms with Crippen LogP contribution in [0.5, 0.6) is 0 Å². The summed E-state index contributed by atoms with van der Waals surface area (Å²) in [5.74, 6) is 0.273. The maximum absolute atomic E-state index is 12.4. The number of nitrogens with two attached hydrogens (primary N) is 1. The fourth-order valence-electron chi connectivity index (χ4n) is 2.35. The predicted octanol–water partition coefficient (Wildman–Crippen LogP) is 0.499. The van der Waals surface area contributed by atoms with E-state index in [1.165, 1.54) is 0 Å². The van der Waals surface area contributed by atoms with Crippen molar-refractivity contribution in [1.82, 2.24) is 9.80 Å². The third-order valence-corrected chi connectivity index (χ3v) is 3.55. The zero-order valence-corrected chi connectivity index (χ0v) is 11.6. The second-order valence-electron chi connectivity index (χ2n) is 4.97. The van der Waals surface area contributed by atoms with E-state index in [2.05, 4.69) is 10.1 Å². The highest BCUT2D eigenvalue weighted by atomic mass is 16.4. The Morgan fingerprint density at radius 1 is 1.30 bits per heavy atom. The second kappa shape index (κ2) is 6.38. The van der Waals surface area contributed by atoms with Gasteiger partial charge in [-0.15, -0.1) is 0 Å². The van der Waals surface area contributed by atoms with E-state index in [1.54, 1.807) is 0 Å². The lowest BCUT2D eigenvalue weighted by Gasteiger charge is -2.34. The minimum atomic E-state index is 0.0755. The fraction of sp³-hybridized carbons (Fsp3) is 0.429. The van der Waals surface area contributed by atoms with Gasteiger partial charge in [0.25, 0.3) is 5.91 Å². The molecule has 0 bridgehead atoms. The molecule has 2 rings (SSSR count). The van der Waals surface area contributed by atoms with Crippen molar-refractivity contribution in [1.29, 1.82) is 0 Å². The molecular weight excluding hydrogens is 256 g/mol. The minimum Gasteiger partial charge on any atom is -0.409 e. The van der Waals surface area contributed by atoms with E-state index in [0.29, 0.717) is 19.6 Å². The molecule has 1 aromatic carbocycles. The summed E-state index contributed by atoms with van der Waals surface area (Å²) in [5.41, 5.74) is 7.25. The summed E-state index contributed by atoms with van der Waals surface area (Å²) in [6, 6.07) is 7.62. The lowest BCUT2D eigenvalue weighted by Crippen LogP contribution is -2.50. The van der Waals surface area contributed by atoms with Crippen molar-refractivity contribution in [2.24, 2.45) is 10.9 Å². The van der Waals surface area contributed by atoms with Gasteiger partial charge in [-0.3, -0.25) is 9.69 Å². The Balaban J connectivity index is 1.94. The van der Waals surface area contributed by atoms with Gasteiger partial charge in [0.1, 0.15) is 0 Å². The Bertz CT molecular complexity index is 508. The molecule has 1 aliphatic rings. The molecule has 6 nitrogen and oxygen atoms in total. The topological polar surface area (TPSA) is 82.2 Å². The Kier molecular flexibility index (Phi) is 4.57. The number of aryl methyl sites for hydroxylation is 1. The number of oxime groups is 1. The smallest absolute Gasteiger partial charge is 0.254 e.